The average Bonchev–Trinajstić information content (AvgIpc) is 2.82. The highest BCUT2D eigenvalue weighted by molar-refractivity contribution is 5.87. The fourth-order valence-corrected chi connectivity index (χ4v) is 4.65. The van der Waals surface area contributed by atoms with Gasteiger partial charge in [0.25, 0.3) is 0 Å². The first-order chi connectivity index (χ1) is 16.1. The molecule has 0 saturated heterocycles. The maximum atomic E-state index is 11.5. The first-order valence-electron chi connectivity index (χ1n) is 12.1. The van der Waals surface area contributed by atoms with Crippen LogP contribution in [-0.2, 0) is 0 Å². The second-order valence-corrected chi connectivity index (χ2v) is 9.56. The van der Waals surface area contributed by atoms with E-state index in [0.29, 0.717) is 0 Å². The van der Waals surface area contributed by atoms with E-state index >= 15 is 0 Å². The average molecular weight is 461 g/mol. The van der Waals surface area contributed by atoms with Gasteiger partial charge in [-0.3, -0.25) is 0 Å². The molecular weight excluding hydrogens is 424 g/mol. The zero-order valence-electron chi connectivity index (χ0n) is 21.0. The van der Waals surface area contributed by atoms with Gasteiger partial charge in [0.15, 0.2) is 0 Å². The molecule has 3 aromatic carbocycles. The minimum absolute atomic E-state index is 0.176. The van der Waals surface area contributed by atoms with E-state index in [1.807, 2.05) is 38.1 Å². The lowest BCUT2D eigenvalue weighted by molar-refractivity contribution is 0.0697. The Morgan fingerprint density at radius 2 is 1.12 bits per heavy atom. The van der Waals surface area contributed by atoms with Crippen molar-refractivity contribution in [1.29, 1.82) is 0 Å². The van der Waals surface area contributed by atoms with Gasteiger partial charge in [-0.1, -0.05) is 75.2 Å². The van der Waals surface area contributed by atoms with E-state index < -0.39 is 11.9 Å². The molecule has 0 radical (unpaired) electrons. The molecule has 0 aliphatic rings. The fraction of sp³-hybridized carbons (Fsp3) is 0.367. The molecule has 4 nitrogen and oxygen atoms in total. The Morgan fingerprint density at radius 3 is 1.47 bits per heavy atom. The van der Waals surface area contributed by atoms with Gasteiger partial charge in [0.2, 0.25) is 0 Å². The van der Waals surface area contributed by atoms with Crippen LogP contribution in [0.25, 0.3) is 0 Å². The van der Waals surface area contributed by atoms with Gasteiger partial charge in [0.1, 0.15) is 11.5 Å². The van der Waals surface area contributed by atoms with Crippen LogP contribution in [0.1, 0.15) is 108 Å². The minimum Gasteiger partial charge on any atom is -0.507 e. The summed E-state index contributed by atoms with van der Waals surface area (Å²) in [6, 6.07) is 14.7. The third-order valence-electron chi connectivity index (χ3n) is 7.03. The van der Waals surface area contributed by atoms with Crippen molar-refractivity contribution in [2.75, 3.05) is 0 Å². The van der Waals surface area contributed by atoms with E-state index in [2.05, 4.69) is 27.7 Å². The molecule has 0 amide bonds. The standard InChI is InChI=1S/C30H36O4/c1-7-19(5)23-13-17(3)15-25(28(23)31)27(21-9-11-22(12-10-21)30(33)34)26-16-18(4)14-24(29(26)32)20(6)8-2/h9-16,19-20,27,31-32H,7-8H2,1-6H3,(H,33,34). The molecule has 2 unspecified atom stereocenters. The van der Waals surface area contributed by atoms with Crippen molar-refractivity contribution in [2.24, 2.45) is 0 Å². The Balaban J connectivity index is 2.36. The predicted molar refractivity (Wildman–Crippen MR) is 137 cm³/mol. The molecule has 0 aliphatic carbocycles. The van der Waals surface area contributed by atoms with Crippen LogP contribution in [0.2, 0.25) is 0 Å². The Kier molecular flexibility index (Phi) is 7.71. The highest BCUT2D eigenvalue weighted by atomic mass is 16.4. The first kappa shape index (κ1) is 25.4. The molecule has 2 atom stereocenters. The summed E-state index contributed by atoms with van der Waals surface area (Å²) in [5.74, 6) is -0.617. The van der Waals surface area contributed by atoms with Crippen LogP contribution in [-0.4, -0.2) is 21.3 Å². The number of aromatic carboxylic acids is 1. The minimum atomic E-state index is -0.988. The van der Waals surface area contributed by atoms with Crippen molar-refractivity contribution in [3.8, 4) is 11.5 Å². The molecule has 0 aromatic heterocycles. The highest BCUT2D eigenvalue weighted by Gasteiger charge is 2.28. The summed E-state index contributed by atoms with van der Waals surface area (Å²) < 4.78 is 0. The van der Waals surface area contributed by atoms with Crippen molar-refractivity contribution in [3.63, 3.8) is 0 Å². The van der Waals surface area contributed by atoms with Crippen molar-refractivity contribution >= 4 is 5.97 Å². The molecule has 3 rings (SSSR count). The van der Waals surface area contributed by atoms with Crippen LogP contribution >= 0.6 is 0 Å². The van der Waals surface area contributed by atoms with Crippen molar-refractivity contribution in [2.45, 2.75) is 72.1 Å². The number of phenolic OH excluding ortho intramolecular Hbond substituents is 2. The van der Waals surface area contributed by atoms with E-state index in [0.717, 1.165) is 51.8 Å². The lowest BCUT2D eigenvalue weighted by Crippen LogP contribution is -2.09. The molecule has 0 heterocycles. The molecule has 0 bridgehead atoms. The summed E-state index contributed by atoms with van der Waals surface area (Å²) >= 11 is 0. The summed E-state index contributed by atoms with van der Waals surface area (Å²) in [5, 5.41) is 32.3. The van der Waals surface area contributed by atoms with Gasteiger partial charge in [-0.05, 0) is 67.3 Å². The summed E-state index contributed by atoms with van der Waals surface area (Å²) in [7, 11) is 0. The number of rotatable bonds is 8. The van der Waals surface area contributed by atoms with Gasteiger partial charge < -0.3 is 15.3 Å². The monoisotopic (exact) mass is 460 g/mol. The van der Waals surface area contributed by atoms with Crippen LogP contribution in [0, 0.1) is 13.8 Å². The lowest BCUT2D eigenvalue weighted by atomic mass is 9.79. The Morgan fingerprint density at radius 1 is 0.735 bits per heavy atom. The molecule has 0 saturated carbocycles. The van der Waals surface area contributed by atoms with Crippen molar-refractivity contribution < 1.29 is 20.1 Å². The number of phenols is 2. The van der Waals surface area contributed by atoms with E-state index in [9.17, 15) is 20.1 Å². The lowest BCUT2D eigenvalue weighted by Gasteiger charge is -2.26. The molecule has 180 valence electrons. The van der Waals surface area contributed by atoms with Gasteiger partial charge in [-0.15, -0.1) is 0 Å². The molecule has 3 N–H and O–H groups in total. The SMILES string of the molecule is CCC(C)c1cc(C)cc(C(c2ccc(C(=O)O)cc2)c2cc(C)cc(C(C)CC)c2O)c1O. The maximum Gasteiger partial charge on any atom is 0.335 e. The highest BCUT2D eigenvalue weighted by Crippen LogP contribution is 2.46. The number of carboxylic acids is 1. The number of benzene rings is 3. The van der Waals surface area contributed by atoms with Gasteiger partial charge in [-0.2, -0.15) is 0 Å². The number of carboxylic acid groups (broad SMARTS) is 1. The van der Waals surface area contributed by atoms with Gasteiger partial charge >= 0.3 is 5.97 Å². The topological polar surface area (TPSA) is 77.8 Å². The third kappa shape index (κ3) is 4.96. The van der Waals surface area contributed by atoms with Crippen LogP contribution in [0.3, 0.4) is 0 Å². The summed E-state index contributed by atoms with van der Waals surface area (Å²) in [5.41, 5.74) is 6.29. The van der Waals surface area contributed by atoms with Crippen molar-refractivity contribution in [3.05, 3.63) is 93.0 Å². The van der Waals surface area contributed by atoms with Crippen LogP contribution < -0.4 is 0 Å². The van der Waals surface area contributed by atoms with E-state index in [4.69, 9.17) is 0 Å². The van der Waals surface area contributed by atoms with Crippen LogP contribution in [0.15, 0.2) is 48.5 Å². The number of hydrogen-bond acceptors (Lipinski definition) is 3. The van der Waals surface area contributed by atoms with Gasteiger partial charge in [0.05, 0.1) is 5.56 Å². The van der Waals surface area contributed by atoms with E-state index in [1.54, 1.807) is 24.3 Å². The predicted octanol–water partition coefficient (Wildman–Crippen LogP) is 7.62. The molecule has 0 aliphatic heterocycles. The summed E-state index contributed by atoms with van der Waals surface area (Å²) in [6.45, 7) is 12.4. The number of aryl methyl sites for hydroxylation is 2. The number of carbonyl (C=O) groups is 1. The molecule has 3 aromatic rings. The van der Waals surface area contributed by atoms with Gasteiger partial charge in [0, 0.05) is 17.0 Å². The normalized spacial score (nSPS) is 13.9. The summed E-state index contributed by atoms with van der Waals surface area (Å²) in [6.07, 6.45) is 1.78. The first-order valence-corrected chi connectivity index (χ1v) is 12.1. The molecular formula is C30H36O4. The van der Waals surface area contributed by atoms with Crippen LogP contribution in [0.4, 0.5) is 0 Å². The Labute approximate surface area is 202 Å². The number of hydrogen-bond donors (Lipinski definition) is 3. The summed E-state index contributed by atoms with van der Waals surface area (Å²) in [4.78, 5) is 11.4. The zero-order chi connectivity index (χ0) is 25.2. The fourth-order valence-electron chi connectivity index (χ4n) is 4.65. The van der Waals surface area contributed by atoms with Gasteiger partial charge in [-0.25, -0.2) is 4.79 Å². The second-order valence-electron chi connectivity index (χ2n) is 9.56. The maximum absolute atomic E-state index is 11.5. The number of aromatic hydroxyl groups is 2. The second kappa shape index (κ2) is 10.3. The zero-order valence-corrected chi connectivity index (χ0v) is 21.0. The molecule has 0 fully saturated rings. The Bertz CT molecular complexity index is 1110. The van der Waals surface area contributed by atoms with Crippen LogP contribution in [0.5, 0.6) is 11.5 Å². The van der Waals surface area contributed by atoms with E-state index in [-0.39, 0.29) is 28.9 Å². The van der Waals surface area contributed by atoms with Crippen molar-refractivity contribution in [1.82, 2.24) is 0 Å². The molecule has 0 spiro atoms. The quantitative estimate of drug-likeness (QED) is 0.302. The third-order valence-corrected chi connectivity index (χ3v) is 7.03. The Hall–Kier alpha value is -3.27. The molecule has 4 heteroatoms. The smallest absolute Gasteiger partial charge is 0.335 e. The van der Waals surface area contributed by atoms with E-state index in [1.165, 1.54) is 0 Å². The largest absolute Gasteiger partial charge is 0.507 e. The molecule has 34 heavy (non-hydrogen) atoms.